The van der Waals surface area contributed by atoms with Crippen LogP contribution in [0.5, 0.6) is 0 Å². The third kappa shape index (κ3) is 7.72. The number of nitrogens with one attached hydrogen (secondary N) is 3. The number of carbonyl (C=O) groups is 1. The van der Waals surface area contributed by atoms with Crippen LogP contribution >= 0.6 is 12.2 Å². The maximum atomic E-state index is 12.6. The molecule has 2 rings (SSSR count). The van der Waals surface area contributed by atoms with Crippen LogP contribution in [0.1, 0.15) is 51.2 Å². The van der Waals surface area contributed by atoms with Gasteiger partial charge in [0.05, 0.1) is 10.8 Å². The maximum absolute atomic E-state index is 12.6. The lowest BCUT2D eigenvalue weighted by atomic mass is 9.96. The minimum Gasteiger partial charge on any atom is -0.332 e. The molecule has 6 nitrogen and oxygen atoms in total. The smallest absolute Gasteiger partial charge is 0.240 e. The summed E-state index contributed by atoms with van der Waals surface area (Å²) >= 11 is 5.24. The van der Waals surface area contributed by atoms with Gasteiger partial charge in [0, 0.05) is 12.2 Å². The first-order chi connectivity index (χ1) is 14.6. The Balaban J connectivity index is 1.93. The zero-order valence-corrected chi connectivity index (χ0v) is 20.1. The van der Waals surface area contributed by atoms with Gasteiger partial charge in [-0.2, -0.15) is 0 Å². The van der Waals surface area contributed by atoms with Crippen LogP contribution in [-0.4, -0.2) is 26.0 Å². The lowest BCUT2D eigenvalue weighted by molar-refractivity contribution is -0.120. The third-order valence-electron chi connectivity index (χ3n) is 4.72. The molecule has 0 aliphatic heterocycles. The Hall–Kier alpha value is -2.29. The van der Waals surface area contributed by atoms with Gasteiger partial charge in [0.25, 0.3) is 0 Å². The average Bonchev–Trinajstić information content (AvgIpc) is 2.72. The van der Waals surface area contributed by atoms with Gasteiger partial charge in [0.1, 0.15) is 0 Å². The molecule has 31 heavy (non-hydrogen) atoms. The van der Waals surface area contributed by atoms with Crippen LogP contribution < -0.4 is 15.4 Å². The lowest BCUT2D eigenvalue weighted by Gasteiger charge is -2.15. The fourth-order valence-electron chi connectivity index (χ4n) is 2.98. The predicted octanol–water partition coefficient (Wildman–Crippen LogP) is 4.19. The van der Waals surface area contributed by atoms with Crippen molar-refractivity contribution in [1.82, 2.24) is 10.0 Å². The highest BCUT2D eigenvalue weighted by Crippen LogP contribution is 2.18. The molecule has 1 atom stereocenters. The van der Waals surface area contributed by atoms with Gasteiger partial charge >= 0.3 is 0 Å². The normalized spacial score (nSPS) is 12.4. The van der Waals surface area contributed by atoms with Gasteiger partial charge < -0.3 is 10.6 Å². The van der Waals surface area contributed by atoms with Crippen molar-refractivity contribution in [3.05, 3.63) is 59.7 Å². The summed E-state index contributed by atoms with van der Waals surface area (Å²) in [4.78, 5) is 12.7. The summed E-state index contributed by atoms with van der Waals surface area (Å²) in [6, 6.07) is 14.3. The van der Waals surface area contributed by atoms with Crippen molar-refractivity contribution in [3.63, 3.8) is 0 Å². The van der Waals surface area contributed by atoms with E-state index in [1.165, 1.54) is 17.7 Å². The van der Waals surface area contributed by atoms with Gasteiger partial charge in [0.2, 0.25) is 15.9 Å². The number of carbonyl (C=O) groups excluding carboxylic acids is 1. The highest BCUT2D eigenvalue weighted by atomic mass is 32.2. The Morgan fingerprint density at radius 1 is 1.00 bits per heavy atom. The van der Waals surface area contributed by atoms with Gasteiger partial charge in [-0.15, -0.1) is 0 Å². The van der Waals surface area contributed by atoms with Gasteiger partial charge in [0.15, 0.2) is 5.11 Å². The number of thiocarbonyl (C=S) groups is 1. The van der Waals surface area contributed by atoms with Crippen LogP contribution in [0.15, 0.2) is 53.4 Å². The second-order valence-electron chi connectivity index (χ2n) is 7.93. The van der Waals surface area contributed by atoms with E-state index in [0.29, 0.717) is 24.6 Å². The molecular formula is C23H31N3O3S2. The second-order valence-corrected chi connectivity index (χ2v) is 10.1. The second kappa shape index (κ2) is 11.4. The molecule has 2 aromatic carbocycles. The average molecular weight is 462 g/mol. The lowest BCUT2D eigenvalue weighted by Crippen LogP contribution is -2.36. The van der Waals surface area contributed by atoms with Gasteiger partial charge in [-0.3, -0.25) is 4.79 Å². The first kappa shape index (κ1) is 25.0. The molecule has 0 aliphatic carbocycles. The fourth-order valence-corrected chi connectivity index (χ4v) is 4.34. The van der Waals surface area contributed by atoms with Crippen LogP contribution in [0.3, 0.4) is 0 Å². The van der Waals surface area contributed by atoms with Crippen LogP contribution in [0.4, 0.5) is 5.69 Å². The summed E-state index contributed by atoms with van der Waals surface area (Å²) in [5.74, 6) is 0.0129. The van der Waals surface area contributed by atoms with E-state index in [1.54, 1.807) is 12.1 Å². The molecular weight excluding hydrogens is 430 g/mol. The minimum atomic E-state index is -3.52. The summed E-state index contributed by atoms with van der Waals surface area (Å²) < 4.78 is 26.8. The van der Waals surface area contributed by atoms with Gasteiger partial charge in [-0.1, -0.05) is 45.0 Å². The fraction of sp³-hybridized carbons (Fsp3) is 0.391. The van der Waals surface area contributed by atoms with E-state index < -0.39 is 10.0 Å². The van der Waals surface area contributed by atoms with Crippen LogP contribution in [0.25, 0.3) is 0 Å². The standard InChI is InChI=1S/C23H31N3O3S2/c1-5-14-24-31(28,29)21-12-10-20(11-13-21)25-23(30)26-22(27)17(4)19-8-6-18(7-9-19)15-16(2)3/h6-13,16-17,24H,5,14-15H2,1-4H3,(H2,25,26,27,30). The van der Waals surface area contributed by atoms with E-state index in [9.17, 15) is 13.2 Å². The van der Waals surface area contributed by atoms with Gasteiger partial charge in [-0.05, 0) is 73.3 Å². The molecule has 1 amide bonds. The monoisotopic (exact) mass is 461 g/mol. The first-order valence-corrected chi connectivity index (χ1v) is 12.3. The van der Waals surface area contributed by atoms with Crippen molar-refractivity contribution >= 4 is 38.9 Å². The highest BCUT2D eigenvalue weighted by molar-refractivity contribution is 7.89. The molecule has 0 aromatic heterocycles. The molecule has 0 spiro atoms. The third-order valence-corrected chi connectivity index (χ3v) is 6.40. The number of hydrogen-bond acceptors (Lipinski definition) is 4. The zero-order valence-electron chi connectivity index (χ0n) is 18.4. The van der Waals surface area contributed by atoms with Crippen molar-refractivity contribution in [2.24, 2.45) is 5.92 Å². The van der Waals surface area contributed by atoms with Crippen molar-refractivity contribution < 1.29 is 13.2 Å². The van der Waals surface area contributed by atoms with Crippen LogP contribution in [0.2, 0.25) is 0 Å². The zero-order chi connectivity index (χ0) is 23.0. The molecule has 0 radical (unpaired) electrons. The molecule has 0 saturated carbocycles. The maximum Gasteiger partial charge on any atom is 0.240 e. The summed E-state index contributed by atoms with van der Waals surface area (Å²) in [5.41, 5.74) is 2.76. The quantitative estimate of drug-likeness (QED) is 0.488. The molecule has 0 heterocycles. The number of sulfonamides is 1. The molecule has 3 N–H and O–H groups in total. The SMILES string of the molecule is CCCNS(=O)(=O)c1ccc(NC(=S)NC(=O)C(C)c2ccc(CC(C)C)cc2)cc1. The van der Waals surface area contributed by atoms with Crippen molar-refractivity contribution in [2.45, 2.75) is 51.3 Å². The predicted molar refractivity (Wildman–Crippen MR) is 130 cm³/mol. The van der Waals surface area contributed by atoms with Crippen molar-refractivity contribution in [2.75, 3.05) is 11.9 Å². The van der Waals surface area contributed by atoms with E-state index in [0.717, 1.165) is 12.0 Å². The van der Waals surface area contributed by atoms with Crippen LogP contribution in [0, 0.1) is 5.92 Å². The molecule has 168 valence electrons. The van der Waals surface area contributed by atoms with E-state index in [2.05, 4.69) is 41.3 Å². The Morgan fingerprint density at radius 3 is 2.16 bits per heavy atom. The molecule has 0 saturated heterocycles. The molecule has 1 unspecified atom stereocenters. The van der Waals surface area contributed by atoms with E-state index in [1.807, 2.05) is 26.0 Å². The largest absolute Gasteiger partial charge is 0.332 e. The van der Waals surface area contributed by atoms with E-state index in [4.69, 9.17) is 12.2 Å². The van der Waals surface area contributed by atoms with E-state index >= 15 is 0 Å². The van der Waals surface area contributed by atoms with Crippen molar-refractivity contribution in [3.8, 4) is 0 Å². The Morgan fingerprint density at radius 2 is 1.61 bits per heavy atom. The van der Waals surface area contributed by atoms with Crippen molar-refractivity contribution in [1.29, 1.82) is 0 Å². The number of benzene rings is 2. The Labute approximate surface area is 190 Å². The molecule has 2 aromatic rings. The molecule has 8 heteroatoms. The Bertz CT molecular complexity index is 986. The molecule has 0 bridgehead atoms. The number of amides is 1. The highest BCUT2D eigenvalue weighted by Gasteiger charge is 2.17. The first-order valence-electron chi connectivity index (χ1n) is 10.4. The topological polar surface area (TPSA) is 87.3 Å². The summed E-state index contributed by atoms with van der Waals surface area (Å²) in [6.45, 7) is 8.46. The summed E-state index contributed by atoms with van der Waals surface area (Å²) in [6.07, 6.45) is 1.72. The number of anilines is 1. The number of rotatable bonds is 9. The van der Waals surface area contributed by atoms with Crippen LogP contribution in [-0.2, 0) is 21.2 Å². The summed E-state index contributed by atoms with van der Waals surface area (Å²) in [5, 5.41) is 5.77. The number of hydrogen-bond donors (Lipinski definition) is 3. The Kier molecular flexibility index (Phi) is 9.15. The minimum absolute atomic E-state index is 0.160. The van der Waals surface area contributed by atoms with Gasteiger partial charge in [-0.25, -0.2) is 13.1 Å². The molecule has 0 fully saturated rings. The molecule has 0 aliphatic rings. The summed E-state index contributed by atoms with van der Waals surface area (Å²) in [7, 11) is -3.52. The van der Waals surface area contributed by atoms with E-state index in [-0.39, 0.29) is 21.8 Å².